The van der Waals surface area contributed by atoms with E-state index in [-0.39, 0.29) is 0 Å². The van der Waals surface area contributed by atoms with Gasteiger partial charge in [0, 0.05) is 30.5 Å². The molecule has 2 aromatic rings. The van der Waals surface area contributed by atoms with E-state index in [1.807, 2.05) is 0 Å². The van der Waals surface area contributed by atoms with Gasteiger partial charge in [0.25, 0.3) is 0 Å². The molecule has 2 N–H and O–H groups in total. The van der Waals surface area contributed by atoms with Gasteiger partial charge < -0.3 is 5.73 Å². The largest absolute Gasteiger partial charge is 0.366 e. The molecule has 4 heteroatoms. The molecule has 1 aromatic carbocycles. The molecule has 1 aromatic heterocycles. The predicted octanol–water partition coefficient (Wildman–Crippen LogP) is 2.83. The van der Waals surface area contributed by atoms with Gasteiger partial charge in [0.1, 0.15) is 0 Å². The van der Waals surface area contributed by atoms with Gasteiger partial charge in [-0.2, -0.15) is 0 Å². The summed E-state index contributed by atoms with van der Waals surface area (Å²) in [5.74, 6) is -0.450. The Morgan fingerprint density at radius 1 is 1.27 bits per heavy atom. The van der Waals surface area contributed by atoms with Crippen LogP contribution in [-0.2, 0) is 6.54 Å². The fourth-order valence-corrected chi connectivity index (χ4v) is 3.00. The van der Waals surface area contributed by atoms with E-state index in [4.69, 9.17) is 5.73 Å². The average Bonchev–Trinajstić information content (AvgIpc) is 2.93. The molecule has 4 nitrogen and oxygen atoms in total. The molecule has 3 rings (SSSR count). The van der Waals surface area contributed by atoms with Crippen LogP contribution < -0.4 is 5.73 Å². The van der Waals surface area contributed by atoms with Gasteiger partial charge in [0.2, 0.25) is 5.91 Å². The third-order valence-corrected chi connectivity index (χ3v) is 4.39. The first-order valence-corrected chi connectivity index (χ1v) is 7.72. The second-order valence-electron chi connectivity index (χ2n) is 5.99. The highest BCUT2D eigenvalue weighted by molar-refractivity contribution is 5.93. The smallest absolute Gasteiger partial charge is 0.250 e. The van der Waals surface area contributed by atoms with Crippen molar-refractivity contribution in [3.63, 3.8) is 0 Å². The number of likely N-dealkylation sites (tertiary alicyclic amines) is 1. The summed E-state index contributed by atoms with van der Waals surface area (Å²) in [5, 5.41) is 0. The van der Waals surface area contributed by atoms with Crippen molar-refractivity contribution in [3.05, 3.63) is 53.9 Å². The first kappa shape index (κ1) is 14.7. The minimum Gasteiger partial charge on any atom is -0.366 e. The zero-order valence-electron chi connectivity index (χ0n) is 12.8. The second-order valence-corrected chi connectivity index (χ2v) is 5.99. The molecule has 0 spiro atoms. The van der Waals surface area contributed by atoms with Gasteiger partial charge in [-0.25, -0.2) is 0 Å². The van der Waals surface area contributed by atoms with Crippen LogP contribution in [0, 0.1) is 0 Å². The fourth-order valence-electron chi connectivity index (χ4n) is 3.00. The van der Waals surface area contributed by atoms with E-state index in [2.05, 4.69) is 41.1 Å². The van der Waals surface area contributed by atoms with Gasteiger partial charge in [-0.05, 0) is 43.5 Å². The molecule has 1 aliphatic heterocycles. The van der Waals surface area contributed by atoms with Crippen molar-refractivity contribution in [2.45, 2.75) is 32.4 Å². The first-order chi connectivity index (χ1) is 10.6. The van der Waals surface area contributed by atoms with Crippen molar-refractivity contribution in [1.82, 2.24) is 9.88 Å². The standard InChI is InChI=1S/C18H21N3O/c1-13-3-2-8-21(13)12-14-4-6-15(7-5-14)16-9-17(18(19)22)11-20-10-16/h4-7,9-11,13H,2-3,8,12H2,1H3,(H2,19,22)/t13-/m1/s1. The van der Waals surface area contributed by atoms with E-state index in [1.165, 1.54) is 31.1 Å². The van der Waals surface area contributed by atoms with Crippen molar-refractivity contribution in [1.29, 1.82) is 0 Å². The second kappa shape index (κ2) is 6.28. The first-order valence-electron chi connectivity index (χ1n) is 7.72. The summed E-state index contributed by atoms with van der Waals surface area (Å²) >= 11 is 0. The van der Waals surface area contributed by atoms with Crippen molar-refractivity contribution in [2.24, 2.45) is 5.73 Å². The van der Waals surface area contributed by atoms with Gasteiger partial charge in [0.05, 0.1) is 5.56 Å². The molecule has 1 fully saturated rings. The fraction of sp³-hybridized carbons (Fsp3) is 0.333. The lowest BCUT2D eigenvalue weighted by Gasteiger charge is -2.21. The highest BCUT2D eigenvalue weighted by Gasteiger charge is 2.19. The summed E-state index contributed by atoms with van der Waals surface area (Å²) in [4.78, 5) is 17.8. The Balaban J connectivity index is 1.76. The molecule has 0 saturated carbocycles. The Bertz CT molecular complexity index is 666. The molecule has 0 bridgehead atoms. The predicted molar refractivity (Wildman–Crippen MR) is 87.3 cm³/mol. The minimum absolute atomic E-state index is 0.437. The van der Waals surface area contributed by atoms with Gasteiger partial charge in [-0.3, -0.25) is 14.7 Å². The molecular formula is C18H21N3O. The summed E-state index contributed by atoms with van der Waals surface area (Å²) in [6.45, 7) is 4.48. The van der Waals surface area contributed by atoms with Crippen LogP contribution in [-0.4, -0.2) is 28.4 Å². The Hall–Kier alpha value is -2.20. The van der Waals surface area contributed by atoms with E-state index < -0.39 is 5.91 Å². The molecule has 2 heterocycles. The van der Waals surface area contributed by atoms with E-state index in [1.54, 1.807) is 12.3 Å². The molecule has 0 radical (unpaired) electrons. The van der Waals surface area contributed by atoms with Crippen LogP contribution in [0.25, 0.3) is 11.1 Å². The highest BCUT2D eigenvalue weighted by atomic mass is 16.1. The molecule has 0 aliphatic carbocycles. The lowest BCUT2D eigenvalue weighted by atomic mass is 10.0. The number of hydrogen-bond acceptors (Lipinski definition) is 3. The number of pyridine rings is 1. The number of benzene rings is 1. The maximum Gasteiger partial charge on any atom is 0.250 e. The molecule has 0 unspecified atom stereocenters. The van der Waals surface area contributed by atoms with Crippen LogP contribution in [0.2, 0.25) is 0 Å². The van der Waals surface area contributed by atoms with E-state index in [9.17, 15) is 4.79 Å². The normalized spacial score (nSPS) is 18.5. The van der Waals surface area contributed by atoms with E-state index in [0.29, 0.717) is 11.6 Å². The quantitative estimate of drug-likeness (QED) is 0.943. The van der Waals surface area contributed by atoms with Gasteiger partial charge in [0.15, 0.2) is 0 Å². The van der Waals surface area contributed by atoms with Crippen molar-refractivity contribution >= 4 is 5.91 Å². The number of carbonyl (C=O) groups is 1. The average molecular weight is 295 g/mol. The number of nitrogens with two attached hydrogens (primary N) is 1. The van der Waals surface area contributed by atoms with Gasteiger partial charge in [-0.1, -0.05) is 24.3 Å². The topological polar surface area (TPSA) is 59.2 Å². The zero-order valence-corrected chi connectivity index (χ0v) is 12.8. The Labute approximate surface area is 131 Å². The Morgan fingerprint density at radius 3 is 2.68 bits per heavy atom. The van der Waals surface area contributed by atoms with Gasteiger partial charge in [-0.15, -0.1) is 0 Å². The van der Waals surface area contributed by atoms with Crippen LogP contribution in [0.3, 0.4) is 0 Å². The number of nitrogens with zero attached hydrogens (tertiary/aromatic N) is 2. The van der Waals surface area contributed by atoms with Gasteiger partial charge >= 0.3 is 0 Å². The number of primary amides is 1. The van der Waals surface area contributed by atoms with Crippen LogP contribution in [0.4, 0.5) is 0 Å². The lowest BCUT2D eigenvalue weighted by Crippen LogP contribution is -2.26. The molecule has 114 valence electrons. The molecule has 1 amide bonds. The van der Waals surface area contributed by atoms with Crippen molar-refractivity contribution in [3.8, 4) is 11.1 Å². The maximum absolute atomic E-state index is 11.2. The molecule has 1 saturated heterocycles. The highest BCUT2D eigenvalue weighted by Crippen LogP contribution is 2.23. The third-order valence-electron chi connectivity index (χ3n) is 4.39. The summed E-state index contributed by atoms with van der Waals surface area (Å²) in [6, 6.07) is 10.9. The molecular weight excluding hydrogens is 274 g/mol. The summed E-state index contributed by atoms with van der Waals surface area (Å²) in [6.07, 6.45) is 5.84. The number of rotatable bonds is 4. The number of hydrogen-bond donors (Lipinski definition) is 1. The van der Waals surface area contributed by atoms with Crippen molar-refractivity contribution in [2.75, 3.05) is 6.54 Å². The number of amides is 1. The molecule has 22 heavy (non-hydrogen) atoms. The summed E-state index contributed by atoms with van der Waals surface area (Å²) in [5.41, 5.74) is 9.02. The zero-order chi connectivity index (χ0) is 15.5. The van der Waals surface area contributed by atoms with Crippen LogP contribution in [0.15, 0.2) is 42.7 Å². The maximum atomic E-state index is 11.2. The monoisotopic (exact) mass is 295 g/mol. The SMILES string of the molecule is C[C@@H]1CCCN1Cc1ccc(-c2cncc(C(N)=O)c2)cc1. The van der Waals surface area contributed by atoms with Crippen LogP contribution in [0.1, 0.15) is 35.7 Å². The lowest BCUT2D eigenvalue weighted by molar-refractivity contribution is 0.1000. The molecule has 1 atom stereocenters. The molecule has 1 aliphatic rings. The summed E-state index contributed by atoms with van der Waals surface area (Å²) < 4.78 is 0. The van der Waals surface area contributed by atoms with E-state index in [0.717, 1.165) is 17.7 Å². The number of aromatic nitrogens is 1. The Kier molecular flexibility index (Phi) is 4.20. The summed E-state index contributed by atoms with van der Waals surface area (Å²) in [7, 11) is 0. The van der Waals surface area contributed by atoms with Crippen LogP contribution >= 0.6 is 0 Å². The van der Waals surface area contributed by atoms with E-state index >= 15 is 0 Å². The Morgan fingerprint density at radius 2 is 2.05 bits per heavy atom. The third kappa shape index (κ3) is 3.17. The van der Waals surface area contributed by atoms with Crippen LogP contribution in [0.5, 0.6) is 0 Å². The minimum atomic E-state index is -0.450. The number of carbonyl (C=O) groups excluding carboxylic acids is 1. The van der Waals surface area contributed by atoms with Crippen molar-refractivity contribution < 1.29 is 4.79 Å².